The third kappa shape index (κ3) is 4.63. The summed E-state index contributed by atoms with van der Waals surface area (Å²) in [5, 5.41) is 16.6. The number of carbonyl (C=O) groups excluding carboxylic acids is 2. The number of aryl methyl sites for hydroxylation is 2. The van der Waals surface area contributed by atoms with Crippen molar-refractivity contribution in [3.05, 3.63) is 63.2 Å². The van der Waals surface area contributed by atoms with Crippen molar-refractivity contribution in [3.63, 3.8) is 0 Å². The van der Waals surface area contributed by atoms with E-state index < -0.39 is 10.8 Å². The first-order valence-electron chi connectivity index (χ1n) is 7.68. The molecule has 0 atom stereocenters. The summed E-state index contributed by atoms with van der Waals surface area (Å²) >= 11 is 0. The average Bonchev–Trinajstić information content (AvgIpc) is 2.56. The van der Waals surface area contributed by atoms with Gasteiger partial charge in [0, 0.05) is 17.3 Å². The lowest BCUT2D eigenvalue weighted by Crippen LogP contribution is -2.22. The molecule has 0 radical (unpaired) electrons. The van der Waals surface area contributed by atoms with Crippen molar-refractivity contribution in [1.29, 1.82) is 0 Å². The summed E-state index contributed by atoms with van der Waals surface area (Å²) in [5.41, 5.74) is 2.94. The first-order chi connectivity index (χ1) is 11.8. The van der Waals surface area contributed by atoms with E-state index in [1.165, 1.54) is 13.0 Å². The van der Waals surface area contributed by atoms with Crippen LogP contribution < -0.4 is 10.6 Å². The van der Waals surface area contributed by atoms with Crippen LogP contribution >= 0.6 is 0 Å². The Labute approximate surface area is 145 Å². The zero-order valence-corrected chi connectivity index (χ0v) is 14.3. The van der Waals surface area contributed by atoms with Crippen LogP contribution in [0.25, 0.3) is 0 Å². The van der Waals surface area contributed by atoms with Crippen LogP contribution in [0.2, 0.25) is 0 Å². The van der Waals surface area contributed by atoms with E-state index >= 15 is 0 Å². The lowest BCUT2D eigenvalue weighted by Gasteiger charge is -2.10. The highest BCUT2D eigenvalue weighted by Gasteiger charge is 2.17. The van der Waals surface area contributed by atoms with Gasteiger partial charge in [0.15, 0.2) is 5.78 Å². The summed E-state index contributed by atoms with van der Waals surface area (Å²) in [4.78, 5) is 33.9. The number of Topliss-reactive ketones (excluding diaryl/α,β-unsaturated/α-hetero) is 1. The van der Waals surface area contributed by atoms with E-state index in [-0.39, 0.29) is 23.7 Å². The Morgan fingerprint density at radius 2 is 1.68 bits per heavy atom. The SMILES string of the molecule is CC(=O)c1ccc(NCC(=O)Nc2cc(C)c(C)cc2[N+](=O)[O-])cc1. The molecule has 0 aliphatic heterocycles. The maximum absolute atomic E-state index is 12.1. The van der Waals surface area contributed by atoms with Gasteiger partial charge in [-0.15, -0.1) is 0 Å². The van der Waals surface area contributed by atoms with Crippen LogP contribution in [0.1, 0.15) is 28.4 Å². The van der Waals surface area contributed by atoms with Crippen molar-refractivity contribution in [2.24, 2.45) is 0 Å². The highest BCUT2D eigenvalue weighted by molar-refractivity contribution is 5.96. The highest BCUT2D eigenvalue weighted by atomic mass is 16.6. The van der Waals surface area contributed by atoms with Gasteiger partial charge in [-0.1, -0.05) is 0 Å². The molecule has 0 heterocycles. The van der Waals surface area contributed by atoms with E-state index in [0.717, 1.165) is 11.1 Å². The van der Waals surface area contributed by atoms with Gasteiger partial charge in [-0.2, -0.15) is 0 Å². The molecule has 25 heavy (non-hydrogen) atoms. The highest BCUT2D eigenvalue weighted by Crippen LogP contribution is 2.27. The number of benzene rings is 2. The summed E-state index contributed by atoms with van der Waals surface area (Å²) in [6.45, 7) is 5.03. The number of carbonyl (C=O) groups is 2. The van der Waals surface area contributed by atoms with E-state index in [9.17, 15) is 19.7 Å². The number of rotatable bonds is 6. The quantitative estimate of drug-likeness (QED) is 0.476. The van der Waals surface area contributed by atoms with Crippen LogP contribution in [0.15, 0.2) is 36.4 Å². The Morgan fingerprint density at radius 3 is 2.24 bits per heavy atom. The number of nitrogens with one attached hydrogen (secondary N) is 2. The molecule has 0 fully saturated rings. The maximum Gasteiger partial charge on any atom is 0.293 e. The topological polar surface area (TPSA) is 101 Å². The van der Waals surface area contributed by atoms with Crippen molar-refractivity contribution in [1.82, 2.24) is 0 Å². The Kier molecular flexibility index (Phi) is 5.49. The zero-order chi connectivity index (χ0) is 18.6. The molecule has 1 amide bonds. The molecular formula is C18H19N3O4. The number of nitro benzene ring substituents is 1. The van der Waals surface area contributed by atoms with Crippen LogP contribution in [0, 0.1) is 24.0 Å². The van der Waals surface area contributed by atoms with Gasteiger partial charge < -0.3 is 10.6 Å². The molecule has 0 spiro atoms. The molecule has 0 saturated carbocycles. The van der Waals surface area contributed by atoms with Crippen molar-refractivity contribution < 1.29 is 14.5 Å². The van der Waals surface area contributed by atoms with Gasteiger partial charge in [-0.25, -0.2) is 0 Å². The fourth-order valence-corrected chi connectivity index (χ4v) is 2.25. The van der Waals surface area contributed by atoms with Gasteiger partial charge >= 0.3 is 0 Å². The number of anilines is 2. The van der Waals surface area contributed by atoms with Crippen LogP contribution in [-0.2, 0) is 4.79 Å². The van der Waals surface area contributed by atoms with E-state index in [4.69, 9.17) is 0 Å². The molecule has 7 nitrogen and oxygen atoms in total. The Bertz CT molecular complexity index is 829. The van der Waals surface area contributed by atoms with Crippen LogP contribution in [0.3, 0.4) is 0 Å². The minimum atomic E-state index is -0.518. The van der Waals surface area contributed by atoms with Gasteiger partial charge in [0.25, 0.3) is 5.69 Å². The van der Waals surface area contributed by atoms with E-state index in [1.54, 1.807) is 37.3 Å². The molecule has 2 aromatic rings. The lowest BCUT2D eigenvalue weighted by molar-refractivity contribution is -0.384. The van der Waals surface area contributed by atoms with Crippen LogP contribution in [-0.4, -0.2) is 23.2 Å². The molecule has 2 rings (SSSR count). The van der Waals surface area contributed by atoms with E-state index in [0.29, 0.717) is 11.3 Å². The summed E-state index contributed by atoms with van der Waals surface area (Å²) in [6.07, 6.45) is 0. The molecule has 0 saturated heterocycles. The second kappa shape index (κ2) is 7.57. The third-order valence-corrected chi connectivity index (χ3v) is 3.83. The van der Waals surface area contributed by atoms with E-state index in [2.05, 4.69) is 10.6 Å². The first kappa shape index (κ1) is 18.1. The second-order valence-corrected chi connectivity index (χ2v) is 5.75. The number of nitrogens with zero attached hydrogens (tertiary/aromatic N) is 1. The Balaban J connectivity index is 2.04. The molecule has 130 valence electrons. The fourth-order valence-electron chi connectivity index (χ4n) is 2.25. The van der Waals surface area contributed by atoms with Crippen LogP contribution in [0.4, 0.5) is 17.1 Å². The molecule has 0 aliphatic carbocycles. The predicted molar refractivity (Wildman–Crippen MR) is 96.1 cm³/mol. The number of nitro groups is 1. The van der Waals surface area contributed by atoms with Gasteiger partial charge in [0.2, 0.25) is 5.91 Å². The standard InChI is InChI=1S/C18H19N3O4/c1-11-8-16(17(21(24)25)9-12(11)2)20-18(23)10-19-15-6-4-14(5-7-15)13(3)22/h4-9,19H,10H2,1-3H3,(H,20,23). The van der Waals surface area contributed by atoms with Gasteiger partial charge in [0.1, 0.15) is 5.69 Å². The fraction of sp³-hybridized carbons (Fsp3) is 0.222. The number of amides is 1. The lowest BCUT2D eigenvalue weighted by atomic mass is 10.1. The molecule has 0 bridgehead atoms. The number of ketones is 1. The van der Waals surface area contributed by atoms with Crippen molar-refractivity contribution >= 4 is 28.8 Å². The second-order valence-electron chi connectivity index (χ2n) is 5.75. The Hall–Kier alpha value is -3.22. The van der Waals surface area contributed by atoms with Crippen molar-refractivity contribution in [2.75, 3.05) is 17.2 Å². The maximum atomic E-state index is 12.1. The third-order valence-electron chi connectivity index (χ3n) is 3.83. The Morgan fingerprint density at radius 1 is 1.08 bits per heavy atom. The van der Waals surface area contributed by atoms with Crippen molar-refractivity contribution in [2.45, 2.75) is 20.8 Å². The summed E-state index contributed by atoms with van der Waals surface area (Å²) in [5.74, 6) is -0.437. The molecule has 2 aromatic carbocycles. The molecule has 2 N–H and O–H groups in total. The molecule has 7 heteroatoms. The normalized spacial score (nSPS) is 10.2. The first-order valence-corrected chi connectivity index (χ1v) is 7.68. The zero-order valence-electron chi connectivity index (χ0n) is 14.3. The molecule has 0 aliphatic rings. The number of hydrogen-bond acceptors (Lipinski definition) is 5. The van der Waals surface area contributed by atoms with Crippen molar-refractivity contribution in [3.8, 4) is 0 Å². The van der Waals surface area contributed by atoms with Gasteiger partial charge in [0.05, 0.1) is 11.5 Å². The smallest absolute Gasteiger partial charge is 0.293 e. The van der Waals surface area contributed by atoms with E-state index in [1.807, 2.05) is 6.92 Å². The largest absolute Gasteiger partial charge is 0.376 e. The minimum absolute atomic E-state index is 0.0358. The van der Waals surface area contributed by atoms with Crippen LogP contribution in [0.5, 0.6) is 0 Å². The summed E-state index contributed by atoms with van der Waals surface area (Å²) in [6, 6.07) is 9.75. The van der Waals surface area contributed by atoms with Gasteiger partial charge in [-0.3, -0.25) is 19.7 Å². The average molecular weight is 341 g/mol. The monoisotopic (exact) mass is 341 g/mol. The summed E-state index contributed by atoms with van der Waals surface area (Å²) in [7, 11) is 0. The molecule has 0 unspecified atom stereocenters. The number of hydrogen-bond donors (Lipinski definition) is 2. The predicted octanol–water partition coefficient (Wildman–Crippen LogP) is 3.46. The molecule has 0 aromatic heterocycles. The van der Waals surface area contributed by atoms with Gasteiger partial charge in [-0.05, 0) is 62.2 Å². The summed E-state index contributed by atoms with van der Waals surface area (Å²) < 4.78 is 0. The molecular weight excluding hydrogens is 322 g/mol. The minimum Gasteiger partial charge on any atom is -0.376 e.